The van der Waals surface area contributed by atoms with Gasteiger partial charge in [0.1, 0.15) is 0 Å². The molecule has 0 heterocycles. The first kappa shape index (κ1) is 185. The van der Waals surface area contributed by atoms with E-state index in [0.29, 0.717) is 0 Å². The van der Waals surface area contributed by atoms with Crippen molar-refractivity contribution in [1.29, 1.82) is 0 Å². The summed E-state index contributed by atoms with van der Waals surface area (Å²) in [5, 5.41) is 0. The molecule has 0 aliphatic rings. The largest absolute Gasteiger partial charge is 3.00 e. The third kappa shape index (κ3) is 152. The van der Waals surface area contributed by atoms with Gasteiger partial charge in [-0.25, -0.2) is 0 Å². The molecule has 0 nitrogen and oxygen atoms in total. The van der Waals surface area contributed by atoms with Crippen LogP contribution in [0.5, 0.6) is 0 Å². The SMILES string of the molecule is [Ga+3].[Ga+3].[Ga+3].[In+3].[In+3].[In+3].[P-3].[P-3].[P-3].[P-3].[P-3].[P-3].[P-3].[P-3].[Zn+2].[Zn+2].[Zn+2]. The van der Waals surface area contributed by atoms with Gasteiger partial charge in [-0.05, 0) is 0 Å². The van der Waals surface area contributed by atoms with Crippen LogP contribution in [0.1, 0.15) is 0 Å². The first-order valence-corrected chi connectivity index (χ1v) is 0. The van der Waals surface area contributed by atoms with Gasteiger partial charge in [0.2, 0.25) is 0 Å². The van der Waals surface area contributed by atoms with Crippen molar-refractivity contribution in [2.24, 2.45) is 0 Å². The summed E-state index contributed by atoms with van der Waals surface area (Å²) in [6.07, 6.45) is 0. The fourth-order valence-corrected chi connectivity index (χ4v) is 0. The molecule has 0 unspecified atom stereocenters. The maximum absolute atomic E-state index is 0. The zero-order valence-corrected chi connectivity index (χ0v) is 42.4. The predicted molar refractivity (Wildman–Crippen MR) is 89.9 cm³/mol. The molecular formula is Ga3In3P8Zn3. The Morgan fingerprint density at radius 2 is 0.235 bits per heavy atom. The van der Waals surface area contributed by atoms with E-state index in [1.807, 2.05) is 0 Å². The van der Waals surface area contributed by atoms with E-state index < -0.39 is 0 Å². The Bertz CT molecular complexity index is 31.2. The Balaban J connectivity index is 0. The van der Waals surface area contributed by atoms with Gasteiger partial charge in [-0.1, -0.05) is 0 Å². The topological polar surface area (TPSA) is 0 Å². The van der Waals surface area contributed by atoms with Crippen LogP contribution >= 0.6 is 79.2 Å². The van der Waals surface area contributed by atoms with Crippen LogP contribution in [-0.4, -0.2) is 137 Å². The summed E-state index contributed by atoms with van der Waals surface area (Å²) < 4.78 is 0. The molecule has 17 heavy (non-hydrogen) atoms. The van der Waals surface area contributed by atoms with Crippen molar-refractivity contribution in [3.05, 3.63) is 0 Å². The fourth-order valence-electron chi connectivity index (χ4n) is 0. The van der Waals surface area contributed by atoms with Crippen LogP contribution in [-0.2, 0) is 58.4 Å². The molecule has 0 fully saturated rings. The van der Waals surface area contributed by atoms with Gasteiger partial charge in [0.05, 0.1) is 0 Å². The molecule has 0 saturated heterocycles. The van der Waals surface area contributed by atoms with E-state index in [-0.39, 0.29) is 275 Å². The molecule has 0 saturated carbocycles. The Kier molecular flexibility index (Phi) is 1800. The molecule has 0 bridgehead atoms. The van der Waals surface area contributed by atoms with E-state index in [2.05, 4.69) is 0 Å². The van der Waals surface area contributed by atoms with Gasteiger partial charge in [0.15, 0.2) is 0 Å². The second-order valence-corrected chi connectivity index (χ2v) is 0. The van der Waals surface area contributed by atoms with E-state index in [4.69, 9.17) is 0 Å². The van der Waals surface area contributed by atoms with Crippen molar-refractivity contribution in [3.63, 3.8) is 0 Å². The molecule has 0 atom stereocenters. The Morgan fingerprint density at radius 3 is 0.235 bits per heavy atom. The third-order valence-electron chi connectivity index (χ3n) is 0. The molecule has 0 radical (unpaired) electrons. The zero-order chi connectivity index (χ0) is 0. The molecule has 0 N–H and O–H groups in total. The van der Waals surface area contributed by atoms with Crippen LogP contribution in [0.3, 0.4) is 0 Å². The summed E-state index contributed by atoms with van der Waals surface area (Å²) in [6.45, 7) is 0. The van der Waals surface area contributed by atoms with Crippen molar-refractivity contribution < 1.29 is 58.4 Å². The molecule has 0 rings (SSSR count). The molecule has 0 aromatic rings. The van der Waals surface area contributed by atoms with Crippen LogP contribution < -0.4 is 0 Å². The van der Waals surface area contributed by atoms with Gasteiger partial charge in [-0.3, -0.25) is 0 Å². The molecule has 0 aliphatic carbocycles. The van der Waals surface area contributed by atoms with Gasteiger partial charge in [0, 0.05) is 0 Å². The molecule has 0 aromatic heterocycles. The van der Waals surface area contributed by atoms with E-state index in [1.165, 1.54) is 0 Å². The van der Waals surface area contributed by atoms with E-state index >= 15 is 0 Å². The number of rotatable bonds is 0. The van der Waals surface area contributed by atoms with Crippen LogP contribution in [0, 0.1) is 0 Å². The summed E-state index contributed by atoms with van der Waals surface area (Å²) in [4.78, 5) is 0. The minimum absolute atomic E-state index is 0. The quantitative estimate of drug-likeness (QED) is 0.247. The normalized spacial score (nSPS) is 0. The average molecular weight is 998 g/mol. The molecular weight excluding hydrogens is 998 g/mol. The number of hydrogen-bond donors (Lipinski definition) is 0. The Hall–Kier alpha value is 9.83. The maximum Gasteiger partial charge on any atom is 3.00 e. The molecule has 0 aliphatic heterocycles. The minimum Gasteiger partial charge on any atom is -3.00 e. The van der Waals surface area contributed by atoms with E-state index in [9.17, 15) is 0 Å². The van der Waals surface area contributed by atoms with Gasteiger partial charge in [-0.15, -0.1) is 0 Å². The van der Waals surface area contributed by atoms with Crippen molar-refractivity contribution >= 4 is 216 Å². The summed E-state index contributed by atoms with van der Waals surface area (Å²) in [5.74, 6) is 0. The fraction of sp³-hybridized carbons (Fsp3) is 0. The maximum atomic E-state index is 0. The Morgan fingerprint density at radius 1 is 0.235 bits per heavy atom. The van der Waals surface area contributed by atoms with E-state index in [0.717, 1.165) is 0 Å². The predicted octanol–water partition coefficient (Wildman–Crippen LogP) is 4.60. The van der Waals surface area contributed by atoms with Gasteiger partial charge in [-0.2, -0.15) is 0 Å². The number of hydrogen-bond acceptors (Lipinski definition) is 0. The summed E-state index contributed by atoms with van der Waals surface area (Å²) in [7, 11) is 0. The Labute approximate surface area is 268 Å². The van der Waals surface area contributed by atoms with Crippen molar-refractivity contribution in [2.45, 2.75) is 0 Å². The van der Waals surface area contributed by atoms with Crippen LogP contribution in [0.2, 0.25) is 0 Å². The van der Waals surface area contributed by atoms with Crippen LogP contribution in [0.15, 0.2) is 0 Å². The summed E-state index contributed by atoms with van der Waals surface area (Å²) >= 11 is 0. The standard InChI is InChI=1S/3Ga.3In.8P.3Zn/q6*+3;8*-3;3*+2. The molecule has 0 spiro atoms. The molecule has 0 amide bonds. The molecule has 64 valence electrons. The van der Waals surface area contributed by atoms with Crippen molar-refractivity contribution in [2.75, 3.05) is 0 Å². The van der Waals surface area contributed by atoms with Gasteiger partial charge >= 0.3 is 195 Å². The third-order valence-corrected chi connectivity index (χ3v) is 0. The first-order chi connectivity index (χ1) is 0. The second kappa shape index (κ2) is 165. The van der Waals surface area contributed by atoms with Gasteiger partial charge < -0.3 is 79.2 Å². The molecule has 17 heteroatoms. The summed E-state index contributed by atoms with van der Waals surface area (Å²) in [6, 6.07) is 0. The van der Waals surface area contributed by atoms with E-state index in [1.54, 1.807) is 0 Å². The smallest absolute Gasteiger partial charge is 3.00 e. The molecule has 0 aromatic carbocycles. The second-order valence-electron chi connectivity index (χ2n) is 0. The monoisotopic (exact) mass is 991 g/mol. The van der Waals surface area contributed by atoms with Crippen molar-refractivity contribution in [1.82, 2.24) is 0 Å². The summed E-state index contributed by atoms with van der Waals surface area (Å²) in [5.41, 5.74) is 0. The van der Waals surface area contributed by atoms with Crippen LogP contribution in [0.4, 0.5) is 0 Å². The average Bonchev–Trinajstić information content (AvgIpc) is 0. The van der Waals surface area contributed by atoms with Crippen molar-refractivity contribution in [3.8, 4) is 0 Å². The minimum atomic E-state index is 0. The first-order valence-electron chi connectivity index (χ1n) is 0. The van der Waals surface area contributed by atoms with Gasteiger partial charge in [0.25, 0.3) is 0 Å². The zero-order valence-electron chi connectivity index (χ0n) is 9.16. The van der Waals surface area contributed by atoms with Crippen LogP contribution in [0.25, 0.3) is 0 Å².